The topological polar surface area (TPSA) is 50.3 Å². The Morgan fingerprint density at radius 3 is 2.82 bits per heavy atom. The first-order valence-electron chi connectivity index (χ1n) is 5.55. The zero-order valence-electron chi connectivity index (χ0n) is 10.7. The van der Waals surface area contributed by atoms with Gasteiger partial charge in [0.15, 0.2) is 0 Å². The first-order valence-corrected chi connectivity index (χ1v) is 6.35. The molecule has 96 valence electrons. The number of aromatic nitrogens is 2. The molecule has 6 heteroatoms. The van der Waals surface area contributed by atoms with E-state index in [1.165, 1.54) is 0 Å². The van der Waals surface area contributed by atoms with Crippen LogP contribution in [0.5, 0.6) is 5.88 Å². The average Bonchev–Trinajstić information content (AvgIpc) is 2.29. The number of hydrogen-bond acceptors (Lipinski definition) is 5. The molecule has 5 nitrogen and oxygen atoms in total. The molecule has 0 unspecified atom stereocenters. The summed E-state index contributed by atoms with van der Waals surface area (Å²) in [5.74, 6) is 1.22. The van der Waals surface area contributed by atoms with Gasteiger partial charge in [-0.15, -0.1) is 0 Å². The highest BCUT2D eigenvalue weighted by molar-refractivity contribution is 9.10. The van der Waals surface area contributed by atoms with E-state index in [1.54, 1.807) is 13.3 Å². The summed E-state index contributed by atoms with van der Waals surface area (Å²) >= 11 is 3.33. The second-order valence-electron chi connectivity index (χ2n) is 4.06. The van der Waals surface area contributed by atoms with E-state index in [1.807, 2.05) is 11.9 Å². The fourth-order valence-electron chi connectivity index (χ4n) is 1.29. The summed E-state index contributed by atoms with van der Waals surface area (Å²) in [5.41, 5.74) is 0. The molecule has 0 bridgehead atoms. The van der Waals surface area contributed by atoms with Gasteiger partial charge in [0.2, 0.25) is 11.8 Å². The van der Waals surface area contributed by atoms with E-state index in [0.29, 0.717) is 17.9 Å². The van der Waals surface area contributed by atoms with Gasteiger partial charge < -0.3 is 15.0 Å². The number of ether oxygens (including phenoxy) is 1. The fraction of sp³-hybridized carbons (Fsp3) is 0.636. The van der Waals surface area contributed by atoms with Crippen LogP contribution in [0.2, 0.25) is 0 Å². The Morgan fingerprint density at radius 2 is 2.24 bits per heavy atom. The molecule has 0 amide bonds. The first kappa shape index (κ1) is 14.2. The van der Waals surface area contributed by atoms with Gasteiger partial charge >= 0.3 is 0 Å². The zero-order chi connectivity index (χ0) is 12.8. The molecule has 0 saturated carbocycles. The molecule has 1 rings (SSSR count). The summed E-state index contributed by atoms with van der Waals surface area (Å²) in [6.07, 6.45) is 1.70. The Kier molecular flexibility index (Phi) is 5.64. The van der Waals surface area contributed by atoms with Gasteiger partial charge in [0.05, 0.1) is 17.8 Å². The quantitative estimate of drug-likeness (QED) is 0.866. The Labute approximate surface area is 111 Å². The molecular formula is C11H19BrN4O. The van der Waals surface area contributed by atoms with E-state index in [4.69, 9.17) is 4.74 Å². The summed E-state index contributed by atoms with van der Waals surface area (Å²) in [5, 5.41) is 3.35. The van der Waals surface area contributed by atoms with E-state index < -0.39 is 0 Å². The van der Waals surface area contributed by atoms with Crippen molar-refractivity contribution in [1.29, 1.82) is 0 Å². The molecule has 0 aromatic carbocycles. The predicted octanol–water partition coefficient (Wildman–Crippen LogP) is 1.68. The van der Waals surface area contributed by atoms with Gasteiger partial charge in [0.25, 0.3) is 0 Å². The van der Waals surface area contributed by atoms with Crippen LogP contribution in [0.1, 0.15) is 13.8 Å². The Bertz CT molecular complexity index is 359. The highest BCUT2D eigenvalue weighted by Gasteiger charge is 2.08. The molecule has 0 spiro atoms. The van der Waals surface area contributed by atoms with Gasteiger partial charge in [-0.25, -0.2) is 4.98 Å². The Morgan fingerprint density at radius 1 is 1.53 bits per heavy atom. The molecule has 1 N–H and O–H groups in total. The van der Waals surface area contributed by atoms with Crippen molar-refractivity contribution in [2.24, 2.45) is 0 Å². The highest BCUT2D eigenvalue weighted by atomic mass is 79.9. The third kappa shape index (κ3) is 4.47. The van der Waals surface area contributed by atoms with E-state index in [-0.39, 0.29) is 0 Å². The molecule has 1 aromatic rings. The molecule has 0 saturated heterocycles. The summed E-state index contributed by atoms with van der Waals surface area (Å²) < 4.78 is 5.90. The van der Waals surface area contributed by atoms with Crippen LogP contribution in [-0.4, -0.2) is 43.3 Å². The monoisotopic (exact) mass is 302 g/mol. The summed E-state index contributed by atoms with van der Waals surface area (Å²) in [6.45, 7) is 6.00. The van der Waals surface area contributed by atoms with Gasteiger partial charge in [-0.3, -0.25) is 0 Å². The summed E-state index contributed by atoms with van der Waals surface area (Å²) in [4.78, 5) is 10.5. The number of nitrogens with one attached hydrogen (secondary N) is 1. The van der Waals surface area contributed by atoms with Crippen LogP contribution in [0.4, 0.5) is 5.95 Å². The van der Waals surface area contributed by atoms with Crippen molar-refractivity contribution in [2.45, 2.75) is 19.9 Å². The lowest BCUT2D eigenvalue weighted by Crippen LogP contribution is -2.33. The van der Waals surface area contributed by atoms with Crippen LogP contribution in [0.25, 0.3) is 0 Å². The lowest BCUT2D eigenvalue weighted by Gasteiger charge is -2.18. The predicted molar refractivity (Wildman–Crippen MR) is 72.7 cm³/mol. The lowest BCUT2D eigenvalue weighted by atomic mass is 10.4. The number of hydrogen-bond donors (Lipinski definition) is 1. The minimum Gasteiger partial charge on any atom is -0.480 e. The zero-order valence-corrected chi connectivity index (χ0v) is 12.3. The molecule has 0 aliphatic carbocycles. The van der Waals surface area contributed by atoms with Crippen molar-refractivity contribution < 1.29 is 4.74 Å². The van der Waals surface area contributed by atoms with Gasteiger partial charge in [0.1, 0.15) is 0 Å². The molecule has 0 aliphatic rings. The van der Waals surface area contributed by atoms with Gasteiger partial charge in [-0.2, -0.15) is 4.98 Å². The van der Waals surface area contributed by atoms with Crippen molar-refractivity contribution in [3.8, 4) is 5.88 Å². The van der Waals surface area contributed by atoms with Crippen molar-refractivity contribution in [3.63, 3.8) is 0 Å². The van der Waals surface area contributed by atoms with Gasteiger partial charge in [-0.05, 0) is 15.9 Å². The molecule has 0 radical (unpaired) electrons. The molecule has 0 aliphatic heterocycles. The number of likely N-dealkylation sites (N-methyl/N-ethyl adjacent to an activating group) is 1. The number of nitrogens with zero attached hydrogens (tertiary/aromatic N) is 3. The van der Waals surface area contributed by atoms with E-state index in [2.05, 4.69) is 45.1 Å². The number of rotatable bonds is 6. The normalized spacial score (nSPS) is 10.7. The van der Waals surface area contributed by atoms with Crippen LogP contribution in [0, 0.1) is 0 Å². The van der Waals surface area contributed by atoms with Crippen molar-refractivity contribution in [1.82, 2.24) is 15.3 Å². The first-order chi connectivity index (χ1) is 8.04. The standard InChI is InChI=1S/C11H19BrN4O/c1-8(2)13-5-6-16(3)11-14-7-9(12)10(15-11)17-4/h7-8,13H,5-6H2,1-4H3. The molecular weight excluding hydrogens is 284 g/mol. The van der Waals surface area contributed by atoms with E-state index in [0.717, 1.165) is 17.6 Å². The fourth-order valence-corrected chi connectivity index (χ4v) is 1.64. The molecule has 1 heterocycles. The van der Waals surface area contributed by atoms with Gasteiger partial charge in [0, 0.05) is 26.2 Å². The minimum atomic E-state index is 0.490. The molecule has 0 atom stereocenters. The van der Waals surface area contributed by atoms with Crippen LogP contribution in [0.15, 0.2) is 10.7 Å². The Balaban J connectivity index is 2.59. The van der Waals surface area contributed by atoms with Crippen LogP contribution < -0.4 is 15.0 Å². The SMILES string of the molecule is COc1nc(N(C)CCNC(C)C)ncc1Br. The third-order valence-electron chi connectivity index (χ3n) is 2.23. The molecule has 1 aromatic heterocycles. The molecule has 17 heavy (non-hydrogen) atoms. The van der Waals surface area contributed by atoms with Crippen molar-refractivity contribution >= 4 is 21.9 Å². The maximum absolute atomic E-state index is 5.14. The van der Waals surface area contributed by atoms with Crippen LogP contribution in [-0.2, 0) is 0 Å². The largest absolute Gasteiger partial charge is 0.480 e. The van der Waals surface area contributed by atoms with Crippen molar-refractivity contribution in [2.75, 3.05) is 32.1 Å². The lowest BCUT2D eigenvalue weighted by molar-refractivity contribution is 0.394. The minimum absolute atomic E-state index is 0.490. The van der Waals surface area contributed by atoms with E-state index in [9.17, 15) is 0 Å². The number of halogens is 1. The third-order valence-corrected chi connectivity index (χ3v) is 2.78. The summed E-state index contributed by atoms with van der Waals surface area (Å²) in [6, 6.07) is 0.490. The van der Waals surface area contributed by atoms with Gasteiger partial charge in [-0.1, -0.05) is 13.8 Å². The maximum Gasteiger partial charge on any atom is 0.232 e. The second-order valence-corrected chi connectivity index (χ2v) is 4.91. The highest BCUT2D eigenvalue weighted by Crippen LogP contribution is 2.22. The van der Waals surface area contributed by atoms with Crippen LogP contribution >= 0.6 is 15.9 Å². The maximum atomic E-state index is 5.14. The smallest absolute Gasteiger partial charge is 0.232 e. The van der Waals surface area contributed by atoms with E-state index >= 15 is 0 Å². The number of methoxy groups -OCH3 is 1. The number of anilines is 1. The summed E-state index contributed by atoms with van der Waals surface area (Å²) in [7, 11) is 3.56. The Hall–Kier alpha value is -0.880. The van der Waals surface area contributed by atoms with Crippen LogP contribution in [0.3, 0.4) is 0 Å². The average molecular weight is 303 g/mol. The van der Waals surface area contributed by atoms with Crippen molar-refractivity contribution in [3.05, 3.63) is 10.7 Å². The second kappa shape index (κ2) is 6.76. The molecule has 0 fully saturated rings.